The van der Waals surface area contributed by atoms with Gasteiger partial charge in [0, 0.05) is 32.9 Å². The highest BCUT2D eigenvalue weighted by Gasteiger charge is 2.28. The zero-order chi connectivity index (χ0) is 22.1. The van der Waals surface area contributed by atoms with Gasteiger partial charge in [-0.25, -0.2) is 12.7 Å². The Morgan fingerprint density at radius 3 is 2.50 bits per heavy atom. The molecule has 0 aliphatic carbocycles. The molecule has 8 heteroatoms. The number of rotatable bonds is 5. The molecule has 3 rings (SSSR count). The first kappa shape index (κ1) is 21.7. The minimum atomic E-state index is -3.63. The Labute approximate surface area is 177 Å². The maximum atomic E-state index is 12.8. The molecule has 0 saturated heterocycles. The van der Waals surface area contributed by atoms with Crippen molar-refractivity contribution >= 4 is 33.6 Å². The van der Waals surface area contributed by atoms with Gasteiger partial charge in [-0.3, -0.25) is 9.59 Å². The zero-order valence-corrected chi connectivity index (χ0v) is 18.2. The molecule has 0 radical (unpaired) electrons. The van der Waals surface area contributed by atoms with Gasteiger partial charge in [0.15, 0.2) is 0 Å². The zero-order valence-electron chi connectivity index (χ0n) is 17.4. The van der Waals surface area contributed by atoms with Crippen molar-refractivity contribution < 1.29 is 18.0 Å². The van der Waals surface area contributed by atoms with E-state index in [1.54, 1.807) is 30.2 Å². The van der Waals surface area contributed by atoms with Crippen LogP contribution in [-0.4, -0.2) is 43.5 Å². The molecule has 1 aliphatic rings. The quantitative estimate of drug-likeness (QED) is 0.794. The van der Waals surface area contributed by atoms with E-state index in [4.69, 9.17) is 0 Å². The molecule has 1 aliphatic heterocycles. The van der Waals surface area contributed by atoms with Crippen molar-refractivity contribution in [1.82, 2.24) is 9.21 Å². The van der Waals surface area contributed by atoms with Crippen molar-refractivity contribution in [2.24, 2.45) is 0 Å². The number of sulfonamides is 1. The minimum absolute atomic E-state index is 0.0462. The van der Waals surface area contributed by atoms with Crippen molar-refractivity contribution in [3.63, 3.8) is 0 Å². The number of hydrogen-bond acceptors (Lipinski definition) is 4. The maximum Gasteiger partial charge on any atom is 0.242 e. The third-order valence-corrected chi connectivity index (χ3v) is 7.04. The summed E-state index contributed by atoms with van der Waals surface area (Å²) in [6.45, 7) is 3.17. The Bertz CT molecular complexity index is 1120. The van der Waals surface area contributed by atoms with E-state index < -0.39 is 16.1 Å². The Morgan fingerprint density at radius 2 is 1.83 bits per heavy atom. The van der Waals surface area contributed by atoms with E-state index in [9.17, 15) is 18.0 Å². The Hall–Kier alpha value is -2.97. The van der Waals surface area contributed by atoms with Crippen LogP contribution in [0.1, 0.15) is 36.1 Å². The molecule has 0 spiro atoms. The monoisotopic (exact) mass is 427 g/mol. The molecule has 0 fully saturated rings. The predicted octanol–water partition coefficient (Wildman–Crippen LogP) is 3.15. The van der Waals surface area contributed by atoms with Crippen LogP contribution < -0.4 is 5.32 Å². The molecule has 1 unspecified atom stereocenters. The lowest BCUT2D eigenvalue weighted by atomic mass is 9.93. The van der Waals surface area contributed by atoms with E-state index in [0.717, 1.165) is 15.4 Å². The second kappa shape index (κ2) is 8.41. The second-order valence-electron chi connectivity index (χ2n) is 7.41. The van der Waals surface area contributed by atoms with Gasteiger partial charge in [0.2, 0.25) is 21.8 Å². The van der Waals surface area contributed by atoms with Crippen LogP contribution >= 0.6 is 0 Å². The fourth-order valence-electron chi connectivity index (χ4n) is 3.45. The van der Waals surface area contributed by atoms with E-state index >= 15 is 0 Å². The highest BCUT2D eigenvalue weighted by molar-refractivity contribution is 7.89. The first-order valence-corrected chi connectivity index (χ1v) is 10.9. The van der Waals surface area contributed by atoms with Gasteiger partial charge in [-0.05, 0) is 41.8 Å². The molecule has 1 heterocycles. The maximum absolute atomic E-state index is 12.8. The molecule has 30 heavy (non-hydrogen) atoms. The van der Waals surface area contributed by atoms with Crippen molar-refractivity contribution in [3.8, 4) is 0 Å². The Morgan fingerprint density at radius 1 is 1.13 bits per heavy atom. The van der Waals surface area contributed by atoms with Crippen LogP contribution in [0.2, 0.25) is 0 Å². The lowest BCUT2D eigenvalue weighted by Gasteiger charge is -2.32. The third kappa shape index (κ3) is 4.29. The molecule has 1 N–H and O–H groups in total. The molecular formula is C22H25N3O4S. The van der Waals surface area contributed by atoms with Crippen LogP contribution in [0.4, 0.5) is 5.69 Å². The van der Waals surface area contributed by atoms with Gasteiger partial charge in [0.05, 0.1) is 17.4 Å². The normalized spacial score (nSPS) is 15.8. The molecule has 1 atom stereocenters. The summed E-state index contributed by atoms with van der Waals surface area (Å²) < 4.78 is 26.2. The number of anilines is 1. The van der Waals surface area contributed by atoms with Gasteiger partial charge in [-0.2, -0.15) is 0 Å². The summed E-state index contributed by atoms with van der Waals surface area (Å²) >= 11 is 0. The van der Waals surface area contributed by atoms with Crippen molar-refractivity contribution in [2.45, 2.75) is 31.2 Å². The largest absolute Gasteiger partial charge is 0.326 e. The van der Waals surface area contributed by atoms with Gasteiger partial charge >= 0.3 is 0 Å². The molecule has 2 amide bonds. The Kier molecular flexibility index (Phi) is 6.09. The molecule has 0 bridgehead atoms. The number of nitrogens with one attached hydrogen (secondary N) is 1. The summed E-state index contributed by atoms with van der Waals surface area (Å²) in [5.41, 5.74) is 2.84. The molecule has 0 aromatic heterocycles. The van der Waals surface area contributed by atoms with E-state index in [1.807, 2.05) is 30.3 Å². The van der Waals surface area contributed by atoms with Gasteiger partial charge in [-0.1, -0.05) is 30.3 Å². The van der Waals surface area contributed by atoms with E-state index in [0.29, 0.717) is 11.3 Å². The van der Waals surface area contributed by atoms with E-state index in [2.05, 4.69) is 5.32 Å². The molecule has 158 valence electrons. The fraction of sp³-hybridized carbons (Fsp3) is 0.273. The summed E-state index contributed by atoms with van der Waals surface area (Å²) in [4.78, 5) is 26.6. The van der Waals surface area contributed by atoms with Crippen LogP contribution in [0, 0.1) is 6.92 Å². The summed E-state index contributed by atoms with van der Waals surface area (Å²) in [7, 11) is -0.708. The molecule has 7 nitrogen and oxygen atoms in total. The van der Waals surface area contributed by atoms with Crippen molar-refractivity contribution in [2.75, 3.05) is 19.4 Å². The van der Waals surface area contributed by atoms with Crippen LogP contribution in [0.25, 0.3) is 6.08 Å². The highest BCUT2D eigenvalue weighted by atomic mass is 32.2. The summed E-state index contributed by atoms with van der Waals surface area (Å²) in [6.07, 6.45) is 3.59. The lowest BCUT2D eigenvalue weighted by Crippen LogP contribution is -2.33. The number of hydrogen-bond donors (Lipinski definition) is 1. The SMILES string of the molecule is CC(=O)N1C=Cc2ccccc2C1CC(=O)Nc1ccc(C)c(S(=O)(=O)N(C)C)c1. The van der Waals surface area contributed by atoms with Crippen LogP contribution in [-0.2, 0) is 19.6 Å². The highest BCUT2D eigenvalue weighted by Crippen LogP contribution is 2.33. The van der Waals surface area contributed by atoms with Crippen LogP contribution in [0.5, 0.6) is 0 Å². The second-order valence-corrected chi connectivity index (χ2v) is 9.53. The summed E-state index contributed by atoms with van der Waals surface area (Å²) in [6, 6.07) is 12.0. The number of carbonyl (C=O) groups excluding carboxylic acids is 2. The van der Waals surface area contributed by atoms with Gasteiger partial charge in [0.1, 0.15) is 0 Å². The number of benzene rings is 2. The number of amides is 2. The first-order valence-electron chi connectivity index (χ1n) is 9.50. The summed E-state index contributed by atoms with van der Waals surface area (Å²) in [5.74, 6) is -0.471. The van der Waals surface area contributed by atoms with Gasteiger partial charge in [0.25, 0.3) is 0 Å². The minimum Gasteiger partial charge on any atom is -0.326 e. The topological polar surface area (TPSA) is 86.8 Å². The molecule has 0 saturated carbocycles. The molecule has 2 aromatic rings. The summed E-state index contributed by atoms with van der Waals surface area (Å²) in [5, 5.41) is 2.77. The molecule has 2 aromatic carbocycles. The lowest BCUT2D eigenvalue weighted by molar-refractivity contribution is -0.129. The van der Waals surface area contributed by atoms with Gasteiger partial charge in [-0.15, -0.1) is 0 Å². The van der Waals surface area contributed by atoms with Crippen molar-refractivity contribution in [1.29, 1.82) is 0 Å². The number of fused-ring (bicyclic) bond motifs is 1. The fourth-order valence-corrected chi connectivity index (χ4v) is 4.60. The standard InChI is InChI=1S/C22H25N3O4S/c1-15-9-10-18(13-21(15)30(28,29)24(3)4)23-22(27)14-20-19-8-6-5-7-17(19)11-12-25(20)16(2)26/h5-13,20H,14H2,1-4H3,(H,23,27). The number of nitrogens with zero attached hydrogens (tertiary/aromatic N) is 2. The first-order chi connectivity index (χ1) is 14.1. The predicted molar refractivity (Wildman–Crippen MR) is 116 cm³/mol. The van der Waals surface area contributed by atoms with Crippen LogP contribution in [0.15, 0.2) is 53.6 Å². The average molecular weight is 428 g/mol. The van der Waals surface area contributed by atoms with E-state index in [1.165, 1.54) is 27.1 Å². The van der Waals surface area contributed by atoms with Gasteiger partial charge < -0.3 is 10.2 Å². The number of aryl methyl sites for hydroxylation is 1. The number of carbonyl (C=O) groups is 2. The van der Waals surface area contributed by atoms with E-state index in [-0.39, 0.29) is 23.1 Å². The van der Waals surface area contributed by atoms with Crippen LogP contribution in [0.3, 0.4) is 0 Å². The smallest absolute Gasteiger partial charge is 0.242 e. The Balaban J connectivity index is 1.85. The third-order valence-electron chi connectivity index (χ3n) is 5.08. The van der Waals surface area contributed by atoms with Crippen molar-refractivity contribution in [3.05, 3.63) is 65.4 Å². The molecular weight excluding hydrogens is 402 g/mol. The average Bonchev–Trinajstić information content (AvgIpc) is 2.69.